The highest BCUT2D eigenvalue weighted by atomic mass is 19.4. The van der Waals surface area contributed by atoms with E-state index in [1.54, 1.807) is 0 Å². The first-order valence-electron chi connectivity index (χ1n) is 4.31. The Labute approximate surface area is 87.7 Å². The van der Waals surface area contributed by atoms with Crippen molar-refractivity contribution in [3.05, 3.63) is 35.6 Å². The number of pyridine rings is 1. The fourth-order valence-corrected chi connectivity index (χ4v) is 1.43. The summed E-state index contributed by atoms with van der Waals surface area (Å²) in [7, 11) is 0. The summed E-state index contributed by atoms with van der Waals surface area (Å²) in [6.07, 6.45) is -4.65. The SMILES string of the molecule is Nc1ccc2cc(F)cc(C(F)(F)F)c2n1. The number of nitrogens with zero attached hydrogens (tertiary/aromatic N) is 1. The van der Waals surface area contributed by atoms with E-state index in [1.165, 1.54) is 12.1 Å². The summed E-state index contributed by atoms with van der Waals surface area (Å²) in [6, 6.07) is 4.02. The third kappa shape index (κ3) is 1.78. The molecule has 0 fully saturated rings. The van der Waals surface area contributed by atoms with Crippen LogP contribution in [-0.2, 0) is 6.18 Å². The number of alkyl halides is 3. The van der Waals surface area contributed by atoms with Gasteiger partial charge in [-0.1, -0.05) is 0 Å². The van der Waals surface area contributed by atoms with Crippen LogP contribution in [0.1, 0.15) is 5.56 Å². The van der Waals surface area contributed by atoms with Crippen LogP contribution in [0.3, 0.4) is 0 Å². The molecule has 0 saturated heterocycles. The summed E-state index contributed by atoms with van der Waals surface area (Å²) in [5.41, 5.74) is 3.85. The van der Waals surface area contributed by atoms with E-state index in [0.717, 1.165) is 6.07 Å². The van der Waals surface area contributed by atoms with Gasteiger partial charge in [0.15, 0.2) is 0 Å². The first-order chi connectivity index (χ1) is 7.38. The molecule has 0 aliphatic carbocycles. The molecule has 1 heterocycles. The van der Waals surface area contributed by atoms with Crippen LogP contribution in [0.4, 0.5) is 23.4 Å². The second-order valence-electron chi connectivity index (χ2n) is 3.26. The largest absolute Gasteiger partial charge is 0.418 e. The Morgan fingerprint density at radius 2 is 1.81 bits per heavy atom. The topological polar surface area (TPSA) is 38.9 Å². The Morgan fingerprint density at radius 1 is 1.12 bits per heavy atom. The molecule has 2 aromatic rings. The van der Waals surface area contributed by atoms with Gasteiger partial charge in [-0.15, -0.1) is 0 Å². The lowest BCUT2D eigenvalue weighted by atomic mass is 10.1. The number of hydrogen-bond acceptors (Lipinski definition) is 2. The number of nitrogen functional groups attached to an aromatic ring is 1. The molecule has 2 N–H and O–H groups in total. The minimum atomic E-state index is -4.65. The van der Waals surface area contributed by atoms with Crippen molar-refractivity contribution < 1.29 is 17.6 Å². The van der Waals surface area contributed by atoms with Crippen molar-refractivity contribution in [2.75, 3.05) is 5.73 Å². The lowest BCUT2D eigenvalue weighted by Crippen LogP contribution is -2.08. The number of rotatable bonds is 0. The number of fused-ring (bicyclic) bond motifs is 1. The number of halogens is 4. The van der Waals surface area contributed by atoms with Crippen LogP contribution in [0, 0.1) is 5.82 Å². The van der Waals surface area contributed by atoms with Crippen molar-refractivity contribution in [2.45, 2.75) is 6.18 Å². The monoisotopic (exact) mass is 230 g/mol. The van der Waals surface area contributed by atoms with Crippen molar-refractivity contribution in [3.63, 3.8) is 0 Å². The molecule has 0 radical (unpaired) electrons. The smallest absolute Gasteiger partial charge is 0.384 e. The van der Waals surface area contributed by atoms with E-state index >= 15 is 0 Å². The van der Waals surface area contributed by atoms with E-state index in [0.29, 0.717) is 6.07 Å². The molecule has 84 valence electrons. The molecule has 0 aliphatic heterocycles. The van der Waals surface area contributed by atoms with E-state index in [4.69, 9.17) is 5.73 Å². The second kappa shape index (κ2) is 3.33. The van der Waals surface area contributed by atoms with Gasteiger partial charge in [-0.2, -0.15) is 13.2 Å². The molecule has 0 unspecified atom stereocenters. The molecular formula is C10H6F4N2. The zero-order valence-corrected chi connectivity index (χ0v) is 7.85. The first-order valence-corrected chi connectivity index (χ1v) is 4.31. The molecule has 0 bridgehead atoms. The third-order valence-corrected chi connectivity index (χ3v) is 2.08. The molecule has 0 aliphatic rings. The maximum atomic E-state index is 13.0. The first kappa shape index (κ1) is 10.7. The maximum Gasteiger partial charge on any atom is 0.418 e. The molecule has 16 heavy (non-hydrogen) atoms. The number of hydrogen-bond donors (Lipinski definition) is 1. The van der Waals surface area contributed by atoms with Crippen molar-refractivity contribution in [1.82, 2.24) is 4.98 Å². The average Bonchev–Trinajstić information content (AvgIpc) is 2.16. The van der Waals surface area contributed by atoms with Crippen LogP contribution in [0.2, 0.25) is 0 Å². The Morgan fingerprint density at radius 3 is 2.44 bits per heavy atom. The average molecular weight is 230 g/mol. The highest BCUT2D eigenvalue weighted by Crippen LogP contribution is 2.34. The molecule has 0 spiro atoms. The number of nitrogens with two attached hydrogens (primary N) is 1. The van der Waals surface area contributed by atoms with E-state index in [9.17, 15) is 17.6 Å². The minimum absolute atomic E-state index is 0.0374. The van der Waals surface area contributed by atoms with Crippen LogP contribution < -0.4 is 5.73 Å². The normalized spacial score (nSPS) is 12.0. The lowest BCUT2D eigenvalue weighted by Gasteiger charge is -2.10. The van der Waals surface area contributed by atoms with Crippen LogP contribution >= 0.6 is 0 Å². The van der Waals surface area contributed by atoms with Crippen molar-refractivity contribution in [2.24, 2.45) is 0 Å². The van der Waals surface area contributed by atoms with Crippen LogP contribution in [-0.4, -0.2) is 4.98 Å². The van der Waals surface area contributed by atoms with E-state index in [2.05, 4.69) is 4.98 Å². The van der Waals surface area contributed by atoms with Gasteiger partial charge in [-0.25, -0.2) is 9.37 Å². The molecule has 6 heteroatoms. The van der Waals surface area contributed by atoms with E-state index in [1.807, 2.05) is 0 Å². The molecule has 0 amide bonds. The van der Waals surface area contributed by atoms with E-state index < -0.39 is 17.6 Å². The van der Waals surface area contributed by atoms with Crippen molar-refractivity contribution in [3.8, 4) is 0 Å². The zero-order chi connectivity index (χ0) is 11.9. The number of aromatic nitrogens is 1. The summed E-state index contributed by atoms with van der Waals surface area (Å²) >= 11 is 0. The van der Waals surface area contributed by atoms with Gasteiger partial charge in [-0.05, 0) is 24.3 Å². The van der Waals surface area contributed by atoms with Crippen molar-refractivity contribution >= 4 is 16.7 Å². The Balaban J connectivity index is 2.85. The Bertz CT molecular complexity index is 548. The molecule has 2 nitrogen and oxygen atoms in total. The molecule has 1 aromatic carbocycles. The molecule has 2 rings (SSSR count). The van der Waals surface area contributed by atoms with E-state index in [-0.39, 0.29) is 16.7 Å². The van der Waals surface area contributed by atoms with Gasteiger partial charge in [0.1, 0.15) is 11.6 Å². The fourth-order valence-electron chi connectivity index (χ4n) is 1.43. The summed E-state index contributed by atoms with van der Waals surface area (Å²) in [5.74, 6) is -0.990. The predicted octanol–water partition coefficient (Wildman–Crippen LogP) is 2.97. The molecule has 0 atom stereocenters. The molecular weight excluding hydrogens is 224 g/mol. The summed E-state index contributed by atoms with van der Waals surface area (Å²) in [5, 5.41) is 0.0709. The van der Waals surface area contributed by atoms with Gasteiger partial charge in [0, 0.05) is 5.39 Å². The minimum Gasteiger partial charge on any atom is -0.384 e. The van der Waals surface area contributed by atoms with Gasteiger partial charge in [0.25, 0.3) is 0 Å². The second-order valence-corrected chi connectivity index (χ2v) is 3.26. The van der Waals surface area contributed by atoms with Gasteiger partial charge >= 0.3 is 6.18 Å². The highest BCUT2D eigenvalue weighted by molar-refractivity contribution is 5.83. The van der Waals surface area contributed by atoms with Crippen molar-refractivity contribution in [1.29, 1.82) is 0 Å². The van der Waals surface area contributed by atoms with Gasteiger partial charge in [0.2, 0.25) is 0 Å². The quantitative estimate of drug-likeness (QED) is 0.706. The summed E-state index contributed by atoms with van der Waals surface area (Å²) in [4.78, 5) is 3.57. The highest BCUT2D eigenvalue weighted by Gasteiger charge is 2.34. The summed E-state index contributed by atoms with van der Waals surface area (Å²) < 4.78 is 50.7. The third-order valence-electron chi connectivity index (χ3n) is 2.08. The predicted molar refractivity (Wildman–Crippen MR) is 51.1 cm³/mol. The lowest BCUT2D eigenvalue weighted by molar-refractivity contribution is -0.136. The van der Waals surface area contributed by atoms with Crippen LogP contribution in [0.15, 0.2) is 24.3 Å². The number of benzene rings is 1. The fraction of sp³-hybridized carbons (Fsp3) is 0.100. The van der Waals surface area contributed by atoms with Gasteiger partial charge in [0.05, 0.1) is 11.1 Å². The zero-order valence-electron chi connectivity index (χ0n) is 7.85. The van der Waals surface area contributed by atoms with Crippen LogP contribution in [0.5, 0.6) is 0 Å². The van der Waals surface area contributed by atoms with Gasteiger partial charge in [-0.3, -0.25) is 0 Å². The standard InChI is InChI=1S/C10H6F4N2/c11-6-3-5-1-2-8(15)16-9(5)7(4-6)10(12,13)14/h1-4H,(H2,15,16). The maximum absolute atomic E-state index is 13.0. The Kier molecular flexibility index (Phi) is 2.22. The number of anilines is 1. The van der Waals surface area contributed by atoms with Crippen LogP contribution in [0.25, 0.3) is 10.9 Å². The molecule has 1 aromatic heterocycles. The summed E-state index contributed by atoms with van der Waals surface area (Å²) in [6.45, 7) is 0. The van der Waals surface area contributed by atoms with Gasteiger partial charge < -0.3 is 5.73 Å². The Hall–Kier alpha value is -1.85. The molecule has 0 saturated carbocycles.